The zero-order valence-corrected chi connectivity index (χ0v) is 10.9. The predicted molar refractivity (Wildman–Crippen MR) is 64.6 cm³/mol. The maximum Gasteiger partial charge on any atom is 0.0850 e. The minimum absolute atomic E-state index is 0.105. The van der Waals surface area contributed by atoms with E-state index in [9.17, 15) is 0 Å². The quantitative estimate of drug-likeness (QED) is 0.730. The Morgan fingerprint density at radius 2 is 2.12 bits per heavy atom. The number of aromatic nitrogens is 2. The van der Waals surface area contributed by atoms with Gasteiger partial charge < -0.3 is 4.74 Å². The fourth-order valence-corrected chi connectivity index (χ4v) is 2.45. The van der Waals surface area contributed by atoms with Gasteiger partial charge in [0.15, 0.2) is 0 Å². The Labute approximate surface area is 97.8 Å². The molecule has 0 aliphatic carbocycles. The largest absolute Gasteiger partial charge is 0.373 e. The van der Waals surface area contributed by atoms with Crippen LogP contribution in [-0.2, 0) is 10.2 Å². The number of hydrogen-bond acceptors (Lipinski definition) is 2. The Hall–Kier alpha value is -0.830. The highest BCUT2D eigenvalue weighted by molar-refractivity contribution is 5.14. The zero-order valence-electron chi connectivity index (χ0n) is 10.9. The van der Waals surface area contributed by atoms with E-state index >= 15 is 0 Å². The van der Waals surface area contributed by atoms with Gasteiger partial charge in [0.05, 0.1) is 11.6 Å². The van der Waals surface area contributed by atoms with Gasteiger partial charge >= 0.3 is 0 Å². The summed E-state index contributed by atoms with van der Waals surface area (Å²) in [6.45, 7) is 11.8. The van der Waals surface area contributed by atoms with Crippen molar-refractivity contribution in [1.29, 1.82) is 0 Å². The molecule has 0 aromatic carbocycles. The van der Waals surface area contributed by atoms with Crippen LogP contribution in [0.15, 0.2) is 12.3 Å². The third-order valence-corrected chi connectivity index (χ3v) is 3.40. The lowest BCUT2D eigenvalue weighted by molar-refractivity contribution is 0.0107. The predicted octanol–water partition coefficient (Wildman–Crippen LogP) is 2.92. The van der Waals surface area contributed by atoms with E-state index in [1.165, 1.54) is 5.69 Å². The number of hydrogen-bond donors (Lipinski definition) is 0. The summed E-state index contributed by atoms with van der Waals surface area (Å²) in [4.78, 5) is 0. The summed E-state index contributed by atoms with van der Waals surface area (Å²) in [6, 6.07) is 2.48. The summed E-state index contributed by atoms with van der Waals surface area (Å²) in [5.41, 5.74) is 1.32. The van der Waals surface area contributed by atoms with E-state index in [0.29, 0.717) is 6.04 Å². The highest BCUT2D eigenvalue weighted by Crippen LogP contribution is 2.37. The van der Waals surface area contributed by atoms with Crippen molar-refractivity contribution < 1.29 is 4.74 Å². The Kier molecular flexibility index (Phi) is 2.61. The molecular weight excluding hydrogens is 200 g/mol. The van der Waals surface area contributed by atoms with E-state index < -0.39 is 0 Å². The Morgan fingerprint density at radius 1 is 1.44 bits per heavy atom. The minimum atomic E-state index is -0.105. The van der Waals surface area contributed by atoms with E-state index in [1.807, 2.05) is 6.20 Å². The SMILES string of the molecule is CC(C)(C)c1ccnn1C1CCOC1(C)C. The van der Waals surface area contributed by atoms with Gasteiger partial charge in [-0.2, -0.15) is 5.10 Å². The molecule has 0 spiro atoms. The molecule has 1 aromatic rings. The number of rotatable bonds is 1. The molecule has 2 heterocycles. The fraction of sp³-hybridized carbons (Fsp3) is 0.769. The zero-order chi connectivity index (χ0) is 12.0. The molecule has 0 amide bonds. The van der Waals surface area contributed by atoms with Gasteiger partial charge in [-0.3, -0.25) is 4.68 Å². The summed E-state index contributed by atoms with van der Waals surface area (Å²) < 4.78 is 7.94. The molecule has 1 aliphatic heterocycles. The van der Waals surface area contributed by atoms with Gasteiger partial charge in [0.1, 0.15) is 0 Å². The first-order valence-electron chi connectivity index (χ1n) is 6.00. The third-order valence-electron chi connectivity index (χ3n) is 3.40. The van der Waals surface area contributed by atoms with E-state index in [0.717, 1.165) is 13.0 Å². The van der Waals surface area contributed by atoms with Crippen molar-refractivity contribution in [3.63, 3.8) is 0 Å². The summed E-state index contributed by atoms with van der Waals surface area (Å²) >= 11 is 0. The maximum absolute atomic E-state index is 5.78. The lowest BCUT2D eigenvalue weighted by Crippen LogP contribution is -2.33. The van der Waals surface area contributed by atoms with Crippen LogP contribution in [-0.4, -0.2) is 22.0 Å². The molecule has 0 radical (unpaired) electrons. The van der Waals surface area contributed by atoms with Gasteiger partial charge in [0.2, 0.25) is 0 Å². The van der Waals surface area contributed by atoms with Gasteiger partial charge in [-0.25, -0.2) is 0 Å². The van der Waals surface area contributed by atoms with Gasteiger partial charge in [0.25, 0.3) is 0 Å². The average Bonchev–Trinajstić information content (AvgIpc) is 2.68. The lowest BCUT2D eigenvalue weighted by atomic mass is 9.90. The van der Waals surface area contributed by atoms with Gasteiger partial charge in [-0.15, -0.1) is 0 Å². The Balaban J connectivity index is 2.38. The molecule has 1 saturated heterocycles. The minimum Gasteiger partial charge on any atom is -0.373 e. The van der Waals surface area contributed by atoms with Crippen molar-refractivity contribution in [2.75, 3.05) is 6.61 Å². The van der Waals surface area contributed by atoms with Crippen LogP contribution in [0.1, 0.15) is 52.8 Å². The van der Waals surface area contributed by atoms with Crippen LogP contribution in [0.5, 0.6) is 0 Å². The summed E-state index contributed by atoms with van der Waals surface area (Å²) in [5.74, 6) is 0. The summed E-state index contributed by atoms with van der Waals surface area (Å²) in [7, 11) is 0. The van der Waals surface area contributed by atoms with Crippen LogP contribution in [0.4, 0.5) is 0 Å². The highest BCUT2D eigenvalue weighted by Gasteiger charge is 2.39. The molecular formula is C13H22N2O. The van der Waals surface area contributed by atoms with Crippen LogP contribution >= 0.6 is 0 Å². The van der Waals surface area contributed by atoms with E-state index in [4.69, 9.17) is 4.74 Å². The molecule has 90 valence electrons. The molecule has 2 rings (SSSR count). The molecule has 1 unspecified atom stereocenters. The normalized spacial score (nSPS) is 24.9. The van der Waals surface area contributed by atoms with Gasteiger partial charge in [0, 0.05) is 23.9 Å². The second kappa shape index (κ2) is 3.59. The van der Waals surface area contributed by atoms with Crippen LogP contribution in [0.2, 0.25) is 0 Å². The van der Waals surface area contributed by atoms with Crippen LogP contribution in [0.25, 0.3) is 0 Å². The Morgan fingerprint density at radius 3 is 2.62 bits per heavy atom. The molecule has 0 bridgehead atoms. The second-order valence-corrected chi connectivity index (χ2v) is 6.17. The molecule has 1 fully saturated rings. The molecule has 3 heteroatoms. The molecule has 0 N–H and O–H groups in total. The molecule has 1 atom stereocenters. The van der Waals surface area contributed by atoms with Gasteiger partial charge in [-0.1, -0.05) is 20.8 Å². The summed E-state index contributed by atoms with van der Waals surface area (Å²) in [5, 5.41) is 4.50. The van der Waals surface area contributed by atoms with Crippen molar-refractivity contribution in [3.05, 3.63) is 18.0 Å². The van der Waals surface area contributed by atoms with Crippen LogP contribution in [0.3, 0.4) is 0 Å². The van der Waals surface area contributed by atoms with Crippen molar-refractivity contribution in [2.24, 2.45) is 0 Å². The van der Waals surface area contributed by atoms with Crippen LogP contribution < -0.4 is 0 Å². The number of nitrogens with zero attached hydrogens (tertiary/aromatic N) is 2. The van der Waals surface area contributed by atoms with Crippen molar-refractivity contribution in [1.82, 2.24) is 9.78 Å². The first kappa shape index (κ1) is 11.6. The van der Waals surface area contributed by atoms with Crippen molar-refractivity contribution in [2.45, 2.75) is 58.1 Å². The van der Waals surface area contributed by atoms with Crippen LogP contribution in [0, 0.1) is 0 Å². The molecule has 16 heavy (non-hydrogen) atoms. The summed E-state index contributed by atoms with van der Waals surface area (Å²) in [6.07, 6.45) is 2.95. The van der Waals surface area contributed by atoms with E-state index in [2.05, 4.69) is 50.5 Å². The molecule has 0 saturated carbocycles. The van der Waals surface area contributed by atoms with E-state index in [-0.39, 0.29) is 11.0 Å². The van der Waals surface area contributed by atoms with Crippen molar-refractivity contribution in [3.8, 4) is 0 Å². The first-order valence-corrected chi connectivity index (χ1v) is 6.00. The highest BCUT2D eigenvalue weighted by atomic mass is 16.5. The second-order valence-electron chi connectivity index (χ2n) is 6.17. The first-order chi connectivity index (χ1) is 7.32. The Bertz CT molecular complexity index is 374. The molecule has 1 aromatic heterocycles. The smallest absolute Gasteiger partial charge is 0.0850 e. The lowest BCUT2D eigenvalue weighted by Gasteiger charge is -2.30. The standard InChI is InChI=1S/C13H22N2O/c1-12(2,3)10-6-8-14-15(10)11-7-9-16-13(11,4)5/h6,8,11H,7,9H2,1-5H3. The van der Waals surface area contributed by atoms with E-state index in [1.54, 1.807) is 0 Å². The molecule has 3 nitrogen and oxygen atoms in total. The average molecular weight is 222 g/mol. The third kappa shape index (κ3) is 1.88. The van der Waals surface area contributed by atoms with Gasteiger partial charge in [-0.05, 0) is 26.3 Å². The monoisotopic (exact) mass is 222 g/mol. The molecule has 1 aliphatic rings. The number of ether oxygens (including phenoxy) is 1. The van der Waals surface area contributed by atoms with Crippen molar-refractivity contribution >= 4 is 0 Å². The maximum atomic E-state index is 5.78. The fourth-order valence-electron chi connectivity index (χ4n) is 2.45. The topological polar surface area (TPSA) is 27.1 Å².